The second-order valence-corrected chi connectivity index (χ2v) is 15.7. The van der Waals surface area contributed by atoms with Crippen LogP contribution in [0.25, 0.3) is 0 Å². The van der Waals surface area contributed by atoms with Gasteiger partial charge in [-0.05, 0) is 91.3 Å². The van der Waals surface area contributed by atoms with Gasteiger partial charge in [-0.1, -0.05) is 52.2 Å². The number of hydrogen-bond donors (Lipinski definition) is 6. The molecule has 1 saturated heterocycles. The van der Waals surface area contributed by atoms with E-state index in [1.807, 2.05) is 6.08 Å². The van der Waals surface area contributed by atoms with Crippen LogP contribution in [0.3, 0.4) is 0 Å². The van der Waals surface area contributed by atoms with Crippen LogP contribution >= 0.6 is 0 Å². The molecule has 0 bridgehead atoms. The normalized spacial score (nSPS) is 47.6. The van der Waals surface area contributed by atoms with Gasteiger partial charge in [-0.3, -0.25) is 4.79 Å². The van der Waals surface area contributed by atoms with Crippen molar-refractivity contribution < 1.29 is 49.6 Å². The van der Waals surface area contributed by atoms with Crippen LogP contribution in [0.5, 0.6) is 0 Å². The third kappa shape index (κ3) is 6.52. The summed E-state index contributed by atoms with van der Waals surface area (Å²) in [4.78, 5) is 11.2. The lowest BCUT2D eigenvalue weighted by Crippen LogP contribution is -2.63. The molecule has 1 heterocycles. The minimum absolute atomic E-state index is 0.0594. The fourth-order valence-electron chi connectivity index (χ4n) is 10.4. The van der Waals surface area contributed by atoms with Gasteiger partial charge >= 0.3 is 5.97 Å². The Labute approximate surface area is 268 Å². The van der Waals surface area contributed by atoms with E-state index >= 15 is 0 Å². The summed E-state index contributed by atoms with van der Waals surface area (Å²) in [7, 11) is 0. The summed E-state index contributed by atoms with van der Waals surface area (Å²) < 4.78 is 17.6. The fourth-order valence-corrected chi connectivity index (χ4v) is 10.4. The van der Waals surface area contributed by atoms with E-state index < -0.39 is 55.6 Å². The van der Waals surface area contributed by atoms with Crippen LogP contribution in [-0.2, 0) is 19.0 Å². The number of aliphatic hydroxyl groups is 6. The molecule has 10 nitrogen and oxygen atoms in total. The Morgan fingerprint density at radius 3 is 2.44 bits per heavy atom. The van der Waals surface area contributed by atoms with E-state index in [0.717, 1.165) is 44.1 Å². The molecule has 10 heteroatoms. The Kier molecular flexibility index (Phi) is 10.8. The standard InChI is InChI=1S/C35H58O10/c1-18(17-43-20(3)37)7-6-8-19(2)23-9-10-24-29-25(15-28(39)35(23,24)5)34(4)12-11-22(38)13-21(34)14-26(29)44-33-32(42)31(41)30(40)27(16-36)45-33/h13,18-19,22-33,36,38-42H,6-12,14-17H2,1-5H3/t18-,19-,22-,23-,24+,25+,26-,27-,28+,29+,30+,31+,32-,33-,34+,35-/m1/s1. The number of esters is 1. The molecule has 4 fully saturated rings. The maximum atomic E-state index is 12.1. The van der Waals surface area contributed by atoms with E-state index in [4.69, 9.17) is 14.2 Å². The van der Waals surface area contributed by atoms with E-state index in [1.165, 1.54) is 6.92 Å². The van der Waals surface area contributed by atoms with Crippen LogP contribution in [-0.4, -0.2) is 98.8 Å². The van der Waals surface area contributed by atoms with Gasteiger partial charge in [-0.25, -0.2) is 0 Å². The maximum Gasteiger partial charge on any atom is 0.302 e. The minimum atomic E-state index is -1.52. The van der Waals surface area contributed by atoms with Crippen molar-refractivity contribution in [2.45, 2.75) is 141 Å². The first-order valence-corrected chi connectivity index (χ1v) is 17.4. The van der Waals surface area contributed by atoms with E-state index in [1.54, 1.807) is 0 Å². The van der Waals surface area contributed by atoms with Gasteiger partial charge in [0.05, 0.1) is 31.5 Å². The summed E-state index contributed by atoms with van der Waals surface area (Å²) in [6.45, 7) is 10.3. The van der Waals surface area contributed by atoms with Gasteiger partial charge in [0.1, 0.15) is 24.4 Å². The Hall–Kier alpha value is -1.11. The number of rotatable bonds is 10. The van der Waals surface area contributed by atoms with E-state index in [0.29, 0.717) is 43.6 Å². The highest BCUT2D eigenvalue weighted by Gasteiger charge is 2.65. The average molecular weight is 639 g/mol. The first-order chi connectivity index (χ1) is 21.2. The van der Waals surface area contributed by atoms with Crippen molar-refractivity contribution >= 4 is 5.97 Å². The van der Waals surface area contributed by atoms with Gasteiger partial charge in [0.2, 0.25) is 0 Å². The topological polar surface area (TPSA) is 166 Å². The predicted octanol–water partition coefficient (Wildman–Crippen LogP) is 2.70. The molecule has 0 aromatic rings. The van der Waals surface area contributed by atoms with E-state index in [2.05, 4.69) is 27.7 Å². The molecule has 1 aliphatic heterocycles. The first kappa shape index (κ1) is 35.2. The highest BCUT2D eigenvalue weighted by molar-refractivity contribution is 5.65. The maximum absolute atomic E-state index is 12.1. The summed E-state index contributed by atoms with van der Waals surface area (Å²) in [5.41, 5.74) is 0.592. The van der Waals surface area contributed by atoms with E-state index in [-0.39, 0.29) is 34.6 Å². The molecule has 0 unspecified atom stereocenters. The van der Waals surface area contributed by atoms with Crippen molar-refractivity contribution in [2.24, 2.45) is 46.3 Å². The van der Waals surface area contributed by atoms with Gasteiger partial charge in [0, 0.05) is 6.92 Å². The molecule has 5 aliphatic rings. The van der Waals surface area contributed by atoms with E-state index in [9.17, 15) is 35.4 Å². The zero-order valence-corrected chi connectivity index (χ0v) is 27.8. The highest BCUT2D eigenvalue weighted by atomic mass is 16.7. The third-order valence-corrected chi connectivity index (χ3v) is 13.0. The molecule has 258 valence electrons. The number of fused-ring (bicyclic) bond motifs is 5. The van der Waals surface area contributed by atoms with Gasteiger partial charge in [-0.2, -0.15) is 0 Å². The second kappa shape index (κ2) is 13.8. The zero-order valence-electron chi connectivity index (χ0n) is 27.8. The number of hydrogen-bond acceptors (Lipinski definition) is 10. The highest BCUT2D eigenvalue weighted by Crippen LogP contribution is 2.68. The molecular formula is C35H58O10. The molecule has 16 atom stereocenters. The molecule has 0 aromatic carbocycles. The predicted molar refractivity (Wildman–Crippen MR) is 165 cm³/mol. The van der Waals surface area contributed by atoms with Gasteiger partial charge in [0.25, 0.3) is 0 Å². The Bertz CT molecular complexity index is 1070. The van der Waals surface area contributed by atoms with Crippen LogP contribution in [0, 0.1) is 46.3 Å². The molecule has 0 radical (unpaired) electrons. The zero-order chi connectivity index (χ0) is 32.8. The molecule has 6 N–H and O–H groups in total. The van der Waals surface area contributed by atoms with Crippen LogP contribution in [0.4, 0.5) is 0 Å². The third-order valence-electron chi connectivity index (χ3n) is 13.0. The summed E-state index contributed by atoms with van der Waals surface area (Å²) >= 11 is 0. The smallest absolute Gasteiger partial charge is 0.302 e. The molecule has 4 aliphatic carbocycles. The monoisotopic (exact) mass is 638 g/mol. The average Bonchev–Trinajstić information content (AvgIpc) is 3.36. The summed E-state index contributed by atoms with van der Waals surface area (Å²) in [6, 6.07) is 0. The quantitative estimate of drug-likeness (QED) is 0.155. The fraction of sp³-hybridized carbons (Fsp3) is 0.914. The van der Waals surface area contributed by atoms with Gasteiger partial charge < -0.3 is 44.8 Å². The largest absolute Gasteiger partial charge is 0.466 e. The van der Waals surface area contributed by atoms with Crippen molar-refractivity contribution in [2.75, 3.05) is 13.2 Å². The number of carbonyl (C=O) groups excluding carboxylic acids is 1. The molecule has 0 amide bonds. The Morgan fingerprint density at radius 2 is 1.76 bits per heavy atom. The Morgan fingerprint density at radius 1 is 1.02 bits per heavy atom. The lowest BCUT2D eigenvalue weighted by Gasteiger charge is -2.62. The molecule has 45 heavy (non-hydrogen) atoms. The van der Waals surface area contributed by atoms with Crippen molar-refractivity contribution in [3.05, 3.63) is 11.6 Å². The minimum Gasteiger partial charge on any atom is -0.466 e. The molecular weight excluding hydrogens is 580 g/mol. The second-order valence-electron chi connectivity index (χ2n) is 15.7. The van der Waals surface area contributed by atoms with Crippen molar-refractivity contribution in [3.63, 3.8) is 0 Å². The summed E-state index contributed by atoms with van der Waals surface area (Å²) in [5, 5.41) is 64.2. The van der Waals surface area contributed by atoms with Crippen LogP contribution < -0.4 is 0 Å². The van der Waals surface area contributed by atoms with Crippen molar-refractivity contribution in [1.29, 1.82) is 0 Å². The van der Waals surface area contributed by atoms with Gasteiger partial charge in [-0.15, -0.1) is 0 Å². The molecule has 0 aromatic heterocycles. The first-order valence-electron chi connectivity index (χ1n) is 17.4. The lowest BCUT2D eigenvalue weighted by atomic mass is 9.45. The van der Waals surface area contributed by atoms with Crippen LogP contribution in [0.15, 0.2) is 11.6 Å². The van der Waals surface area contributed by atoms with Gasteiger partial charge in [0.15, 0.2) is 6.29 Å². The molecule has 5 rings (SSSR count). The molecule has 3 saturated carbocycles. The molecule has 0 spiro atoms. The number of ether oxygens (including phenoxy) is 3. The van der Waals surface area contributed by atoms with Crippen molar-refractivity contribution in [1.82, 2.24) is 0 Å². The summed E-state index contributed by atoms with van der Waals surface area (Å²) in [5.74, 6) is 1.11. The number of aliphatic hydroxyl groups excluding tert-OH is 6. The van der Waals surface area contributed by atoms with Crippen LogP contribution in [0.1, 0.15) is 92.4 Å². The summed E-state index contributed by atoms with van der Waals surface area (Å²) in [6.07, 6.45) is 1.46. The van der Waals surface area contributed by atoms with Crippen LogP contribution in [0.2, 0.25) is 0 Å². The Balaban J connectivity index is 1.38. The van der Waals surface area contributed by atoms with Crippen molar-refractivity contribution in [3.8, 4) is 0 Å². The lowest BCUT2D eigenvalue weighted by molar-refractivity contribution is -0.324. The SMILES string of the molecule is CC(=O)OC[C@H](C)CCC[C@@H](C)[C@H]1CC[C@H]2[C@@H]3[C@H](O[C@@H]4O[C@H](CO)[C@H](O)[C@H](O)[C@H]4O)CC4=C[C@H](O)CC[C@]4(C)[C@H]3C[C@H](O)[C@]12C. The number of carbonyl (C=O) groups is 1.